The number of carbonyl (C=O) groups excluding carboxylic acids is 1. The fourth-order valence-corrected chi connectivity index (χ4v) is 5.43. The van der Waals surface area contributed by atoms with Crippen LogP contribution in [-0.2, 0) is 4.79 Å². The Labute approximate surface area is 186 Å². The number of nitrogens with zero attached hydrogens (tertiary/aromatic N) is 4. The molecular formula is C26H36N4O. The van der Waals surface area contributed by atoms with Crippen molar-refractivity contribution in [3.63, 3.8) is 0 Å². The third-order valence-corrected chi connectivity index (χ3v) is 7.16. The topological polar surface area (TPSA) is 48.8 Å². The van der Waals surface area contributed by atoms with Gasteiger partial charge in [0.1, 0.15) is 0 Å². The molecule has 2 unspecified atom stereocenters. The minimum absolute atomic E-state index is 0.340. The zero-order chi connectivity index (χ0) is 21.8. The number of aromatic nitrogens is 1. The van der Waals surface area contributed by atoms with Crippen molar-refractivity contribution < 1.29 is 4.79 Å². The van der Waals surface area contributed by atoms with Gasteiger partial charge in [-0.3, -0.25) is 14.8 Å². The summed E-state index contributed by atoms with van der Waals surface area (Å²) in [5.41, 5.74) is 3.37. The number of benzene rings is 1. The monoisotopic (exact) mass is 420 g/mol. The van der Waals surface area contributed by atoms with E-state index in [2.05, 4.69) is 51.9 Å². The van der Waals surface area contributed by atoms with Gasteiger partial charge in [0.15, 0.2) is 0 Å². The number of amides is 1. The maximum atomic E-state index is 13.1. The van der Waals surface area contributed by atoms with Crippen LogP contribution in [0.15, 0.2) is 35.5 Å². The molecule has 0 saturated carbocycles. The van der Waals surface area contributed by atoms with E-state index in [9.17, 15) is 4.79 Å². The molecule has 0 N–H and O–H groups in total. The van der Waals surface area contributed by atoms with Crippen molar-refractivity contribution in [2.24, 2.45) is 16.8 Å². The number of carbonyl (C=O) groups is 1. The van der Waals surface area contributed by atoms with Crippen molar-refractivity contribution in [2.45, 2.75) is 44.9 Å². The van der Waals surface area contributed by atoms with Gasteiger partial charge in [-0.2, -0.15) is 0 Å². The molecule has 0 radical (unpaired) electrons. The Hall–Kier alpha value is -2.27. The third-order valence-electron chi connectivity index (χ3n) is 7.16. The number of fused-ring (bicyclic) bond motifs is 1. The van der Waals surface area contributed by atoms with E-state index >= 15 is 0 Å². The molecule has 0 spiro atoms. The third kappa shape index (κ3) is 5.15. The first-order valence-corrected chi connectivity index (χ1v) is 11.8. The molecule has 2 aliphatic rings. The van der Waals surface area contributed by atoms with Gasteiger partial charge in [0, 0.05) is 55.8 Å². The van der Waals surface area contributed by atoms with Crippen LogP contribution in [0.3, 0.4) is 0 Å². The summed E-state index contributed by atoms with van der Waals surface area (Å²) in [4.78, 5) is 26.5. The molecule has 31 heavy (non-hydrogen) atoms. The van der Waals surface area contributed by atoms with Crippen LogP contribution < -0.4 is 0 Å². The van der Waals surface area contributed by atoms with Crippen molar-refractivity contribution in [3.05, 3.63) is 41.6 Å². The number of aliphatic imine (C=N–C) groups is 1. The largest absolute Gasteiger partial charge is 0.342 e. The van der Waals surface area contributed by atoms with Crippen LogP contribution in [0.5, 0.6) is 0 Å². The standard InChI is InChI=1S/C26H36N4O/c1-19-15-22(23-8-7-21(16-27-2)26-24(23)5-4-12-28-26)18-30(17-19)25(31)9-6-20-10-13-29(3)14-11-20/h4-5,7-8,12,16,19-20,22H,6,9-11,13-15,17-18H2,1-3H3/b27-16+. The fourth-order valence-electron chi connectivity index (χ4n) is 5.43. The van der Waals surface area contributed by atoms with E-state index in [1.807, 2.05) is 18.5 Å². The van der Waals surface area contributed by atoms with E-state index in [4.69, 9.17) is 0 Å². The number of rotatable bonds is 5. The summed E-state index contributed by atoms with van der Waals surface area (Å²) >= 11 is 0. The first kappa shape index (κ1) is 21.9. The highest BCUT2D eigenvalue weighted by Crippen LogP contribution is 2.35. The number of piperidine rings is 2. The predicted molar refractivity (Wildman–Crippen MR) is 128 cm³/mol. The van der Waals surface area contributed by atoms with E-state index in [1.54, 1.807) is 7.05 Å². The van der Waals surface area contributed by atoms with Crippen molar-refractivity contribution in [3.8, 4) is 0 Å². The zero-order valence-corrected chi connectivity index (χ0v) is 19.3. The number of likely N-dealkylation sites (tertiary alicyclic amines) is 2. The normalized spacial score (nSPS) is 23.6. The quantitative estimate of drug-likeness (QED) is 0.676. The molecule has 166 valence electrons. The minimum Gasteiger partial charge on any atom is -0.342 e. The van der Waals surface area contributed by atoms with Gasteiger partial charge in [-0.25, -0.2) is 0 Å². The molecule has 2 fully saturated rings. The van der Waals surface area contributed by atoms with Crippen LogP contribution in [0, 0.1) is 11.8 Å². The van der Waals surface area contributed by atoms with E-state index < -0.39 is 0 Å². The Balaban J connectivity index is 1.48. The molecule has 5 heteroatoms. The van der Waals surface area contributed by atoms with Crippen molar-refractivity contribution >= 4 is 23.0 Å². The van der Waals surface area contributed by atoms with Crippen LogP contribution in [-0.4, -0.2) is 67.2 Å². The summed E-state index contributed by atoms with van der Waals surface area (Å²) in [7, 11) is 3.98. The molecule has 1 amide bonds. The number of hydrogen-bond acceptors (Lipinski definition) is 4. The smallest absolute Gasteiger partial charge is 0.222 e. The molecule has 1 aromatic carbocycles. The maximum Gasteiger partial charge on any atom is 0.222 e. The van der Waals surface area contributed by atoms with Crippen LogP contribution in [0.2, 0.25) is 0 Å². The number of hydrogen-bond donors (Lipinski definition) is 0. The molecule has 1 aromatic heterocycles. The summed E-state index contributed by atoms with van der Waals surface area (Å²) in [6.45, 7) is 6.33. The molecule has 4 rings (SSSR count). The van der Waals surface area contributed by atoms with Crippen LogP contribution in [0.4, 0.5) is 0 Å². The lowest BCUT2D eigenvalue weighted by molar-refractivity contribution is -0.133. The first-order chi connectivity index (χ1) is 15.0. The average molecular weight is 421 g/mol. The molecule has 2 aromatic rings. The summed E-state index contributed by atoms with van der Waals surface area (Å²) in [6, 6.07) is 8.53. The molecule has 5 nitrogen and oxygen atoms in total. The van der Waals surface area contributed by atoms with E-state index in [0.29, 0.717) is 30.1 Å². The van der Waals surface area contributed by atoms with Gasteiger partial charge in [-0.15, -0.1) is 0 Å². The first-order valence-electron chi connectivity index (χ1n) is 11.8. The molecule has 0 aliphatic carbocycles. The highest BCUT2D eigenvalue weighted by molar-refractivity contribution is 5.99. The molecule has 2 saturated heterocycles. The Bertz CT molecular complexity index is 932. The van der Waals surface area contributed by atoms with Gasteiger partial charge in [-0.05, 0) is 69.3 Å². The Morgan fingerprint density at radius 2 is 2.03 bits per heavy atom. The number of pyridine rings is 1. The molecule has 2 atom stereocenters. The Morgan fingerprint density at radius 3 is 2.81 bits per heavy atom. The lowest BCUT2D eigenvalue weighted by atomic mass is 9.83. The summed E-state index contributed by atoms with van der Waals surface area (Å²) in [5, 5.41) is 1.19. The maximum absolute atomic E-state index is 13.1. The minimum atomic E-state index is 0.340. The predicted octanol–water partition coefficient (Wildman–Crippen LogP) is 4.36. The van der Waals surface area contributed by atoms with Gasteiger partial charge < -0.3 is 9.80 Å². The van der Waals surface area contributed by atoms with Gasteiger partial charge in [-0.1, -0.05) is 25.1 Å². The van der Waals surface area contributed by atoms with E-state index in [1.165, 1.54) is 36.9 Å². The van der Waals surface area contributed by atoms with Gasteiger partial charge in [0.25, 0.3) is 0 Å². The van der Waals surface area contributed by atoms with Crippen molar-refractivity contribution in [2.75, 3.05) is 40.3 Å². The Kier molecular flexibility index (Phi) is 7.01. The van der Waals surface area contributed by atoms with Crippen molar-refractivity contribution in [1.29, 1.82) is 0 Å². The van der Waals surface area contributed by atoms with Gasteiger partial charge >= 0.3 is 0 Å². The van der Waals surface area contributed by atoms with Crippen molar-refractivity contribution in [1.82, 2.24) is 14.8 Å². The zero-order valence-electron chi connectivity index (χ0n) is 19.3. The van der Waals surface area contributed by atoms with Crippen LogP contribution in [0.1, 0.15) is 56.1 Å². The molecule has 2 aliphatic heterocycles. The second kappa shape index (κ2) is 9.90. The second-order valence-corrected chi connectivity index (χ2v) is 9.65. The molecule has 3 heterocycles. The lowest BCUT2D eigenvalue weighted by Gasteiger charge is -2.37. The SMILES string of the molecule is C/N=C/c1ccc(C2CC(C)CN(C(=O)CCC3CCN(C)CC3)C2)c2cccnc12. The highest BCUT2D eigenvalue weighted by Gasteiger charge is 2.30. The Morgan fingerprint density at radius 1 is 1.23 bits per heavy atom. The summed E-state index contributed by atoms with van der Waals surface area (Å²) in [5.74, 6) is 1.92. The highest BCUT2D eigenvalue weighted by atomic mass is 16.2. The second-order valence-electron chi connectivity index (χ2n) is 9.65. The van der Waals surface area contributed by atoms with E-state index in [-0.39, 0.29) is 0 Å². The van der Waals surface area contributed by atoms with Crippen LogP contribution >= 0.6 is 0 Å². The molecular weight excluding hydrogens is 384 g/mol. The lowest BCUT2D eigenvalue weighted by Crippen LogP contribution is -2.42. The van der Waals surface area contributed by atoms with Gasteiger partial charge in [0.05, 0.1) is 5.52 Å². The van der Waals surface area contributed by atoms with E-state index in [0.717, 1.165) is 37.0 Å². The van der Waals surface area contributed by atoms with Gasteiger partial charge in [0.2, 0.25) is 5.91 Å². The molecule has 0 bridgehead atoms. The summed E-state index contributed by atoms with van der Waals surface area (Å²) < 4.78 is 0. The van der Waals surface area contributed by atoms with Crippen LogP contribution in [0.25, 0.3) is 10.9 Å². The fraction of sp³-hybridized carbons (Fsp3) is 0.577. The average Bonchev–Trinajstić information content (AvgIpc) is 2.78. The summed E-state index contributed by atoms with van der Waals surface area (Å²) in [6.07, 6.45) is 9.04.